The first-order valence-corrected chi connectivity index (χ1v) is 5.69. The maximum Gasteiger partial charge on any atom is 0.335 e. The maximum absolute atomic E-state index is 11.8. The number of aliphatic carboxylic acids is 1. The second-order valence-corrected chi connectivity index (χ2v) is 4.36. The second-order valence-electron chi connectivity index (χ2n) is 4.36. The van der Waals surface area contributed by atoms with Crippen molar-refractivity contribution in [3.63, 3.8) is 0 Å². The third kappa shape index (κ3) is 2.77. The normalized spacial score (nSPS) is 22.7. The highest BCUT2D eigenvalue weighted by Gasteiger charge is 2.30. The zero-order valence-corrected chi connectivity index (χ0v) is 9.59. The molecule has 1 aromatic heterocycles. The number of carboxylic acid groups (broad SMARTS) is 1. The van der Waals surface area contributed by atoms with Crippen molar-refractivity contribution in [1.29, 1.82) is 0 Å². The molecule has 1 heterocycles. The number of hydrogen-bond acceptors (Lipinski definition) is 4. The number of carboxylic acids is 1. The van der Waals surface area contributed by atoms with Gasteiger partial charge >= 0.3 is 11.6 Å². The van der Waals surface area contributed by atoms with Gasteiger partial charge in [0.2, 0.25) is 0 Å². The highest BCUT2D eigenvalue weighted by molar-refractivity contribution is 5.93. The molecule has 0 bridgehead atoms. The van der Waals surface area contributed by atoms with Gasteiger partial charge in [0.1, 0.15) is 6.26 Å². The van der Waals surface area contributed by atoms with Gasteiger partial charge in [0.05, 0.1) is 11.5 Å². The molecule has 0 radical (unpaired) electrons. The number of carbonyl (C=O) groups excluding carboxylic acids is 1. The Morgan fingerprint density at radius 3 is 2.67 bits per heavy atom. The summed E-state index contributed by atoms with van der Waals surface area (Å²) in [6, 6.07) is 2.42. The van der Waals surface area contributed by atoms with Gasteiger partial charge in [-0.3, -0.25) is 9.59 Å². The van der Waals surface area contributed by atoms with Crippen LogP contribution in [0.1, 0.15) is 29.6 Å². The van der Waals surface area contributed by atoms with Crippen molar-refractivity contribution in [3.8, 4) is 0 Å². The van der Waals surface area contributed by atoms with Crippen molar-refractivity contribution in [1.82, 2.24) is 5.32 Å². The first-order valence-electron chi connectivity index (χ1n) is 5.69. The fourth-order valence-corrected chi connectivity index (χ4v) is 2.09. The quantitative estimate of drug-likeness (QED) is 0.821. The lowest BCUT2D eigenvalue weighted by Gasteiger charge is -2.11. The van der Waals surface area contributed by atoms with E-state index >= 15 is 0 Å². The van der Waals surface area contributed by atoms with Crippen LogP contribution in [0.25, 0.3) is 0 Å². The molecule has 18 heavy (non-hydrogen) atoms. The Bertz CT molecular complexity index is 501. The van der Waals surface area contributed by atoms with E-state index in [4.69, 9.17) is 5.11 Å². The summed E-state index contributed by atoms with van der Waals surface area (Å²) in [5.41, 5.74) is -0.258. The van der Waals surface area contributed by atoms with E-state index in [1.807, 2.05) is 0 Å². The van der Waals surface area contributed by atoms with Crippen LogP contribution in [0.15, 0.2) is 27.6 Å². The van der Waals surface area contributed by atoms with Gasteiger partial charge in [-0.05, 0) is 25.3 Å². The Morgan fingerprint density at radius 2 is 2.11 bits per heavy atom. The minimum absolute atomic E-state index is 0.134. The molecule has 1 amide bonds. The molecular formula is C12H13NO5. The van der Waals surface area contributed by atoms with Gasteiger partial charge in [0.15, 0.2) is 0 Å². The SMILES string of the molecule is O=C(N[C@H]1CC[C@@H](C(=O)O)C1)c1ccc(=O)oc1. The second kappa shape index (κ2) is 5.03. The van der Waals surface area contributed by atoms with Gasteiger partial charge < -0.3 is 14.8 Å². The summed E-state index contributed by atoms with van der Waals surface area (Å²) in [6.45, 7) is 0. The van der Waals surface area contributed by atoms with Gasteiger partial charge in [0.25, 0.3) is 5.91 Å². The zero-order valence-electron chi connectivity index (χ0n) is 9.59. The Kier molecular flexibility index (Phi) is 3.45. The number of carbonyl (C=O) groups is 2. The fraction of sp³-hybridized carbons (Fsp3) is 0.417. The molecule has 1 aliphatic rings. The number of hydrogen-bond donors (Lipinski definition) is 2. The summed E-state index contributed by atoms with van der Waals surface area (Å²) in [5.74, 6) is -1.56. The van der Waals surface area contributed by atoms with E-state index in [0.29, 0.717) is 19.3 Å². The van der Waals surface area contributed by atoms with Crippen LogP contribution in [0.4, 0.5) is 0 Å². The molecule has 0 unspecified atom stereocenters. The number of rotatable bonds is 3. The fourth-order valence-electron chi connectivity index (χ4n) is 2.09. The average Bonchev–Trinajstić information content (AvgIpc) is 2.78. The van der Waals surface area contributed by atoms with Gasteiger partial charge in [-0.2, -0.15) is 0 Å². The predicted octanol–water partition coefficient (Wildman–Crippen LogP) is 0.623. The summed E-state index contributed by atoms with van der Waals surface area (Å²) in [7, 11) is 0. The third-order valence-electron chi connectivity index (χ3n) is 3.08. The van der Waals surface area contributed by atoms with E-state index in [0.717, 1.165) is 6.26 Å². The molecular weight excluding hydrogens is 238 g/mol. The minimum Gasteiger partial charge on any atom is -0.481 e. The topological polar surface area (TPSA) is 96.6 Å². The number of amides is 1. The van der Waals surface area contributed by atoms with Crippen molar-refractivity contribution in [2.24, 2.45) is 5.92 Å². The van der Waals surface area contributed by atoms with Gasteiger partial charge in [-0.15, -0.1) is 0 Å². The summed E-state index contributed by atoms with van der Waals surface area (Å²) >= 11 is 0. The molecule has 0 saturated heterocycles. The zero-order chi connectivity index (χ0) is 13.1. The molecule has 6 heteroatoms. The lowest BCUT2D eigenvalue weighted by molar-refractivity contribution is -0.141. The van der Waals surface area contributed by atoms with Gasteiger partial charge in [-0.25, -0.2) is 4.79 Å². The Balaban J connectivity index is 1.94. The van der Waals surface area contributed by atoms with E-state index in [1.165, 1.54) is 12.1 Å². The van der Waals surface area contributed by atoms with Crippen LogP contribution in [-0.2, 0) is 4.79 Å². The molecule has 2 atom stereocenters. The summed E-state index contributed by atoms with van der Waals surface area (Å²) in [4.78, 5) is 33.3. The van der Waals surface area contributed by atoms with Crippen LogP contribution in [0, 0.1) is 5.92 Å². The van der Waals surface area contributed by atoms with Gasteiger partial charge in [0, 0.05) is 12.1 Å². The van der Waals surface area contributed by atoms with Crippen LogP contribution in [0.5, 0.6) is 0 Å². The van der Waals surface area contributed by atoms with Crippen molar-refractivity contribution < 1.29 is 19.1 Å². The molecule has 0 aliphatic heterocycles. The first-order chi connectivity index (χ1) is 8.56. The third-order valence-corrected chi connectivity index (χ3v) is 3.08. The van der Waals surface area contributed by atoms with Crippen molar-refractivity contribution in [3.05, 3.63) is 34.4 Å². The summed E-state index contributed by atoms with van der Waals surface area (Å²) < 4.78 is 4.59. The van der Waals surface area contributed by atoms with Crippen molar-refractivity contribution >= 4 is 11.9 Å². The average molecular weight is 251 g/mol. The molecule has 2 N–H and O–H groups in total. The predicted molar refractivity (Wildman–Crippen MR) is 61.2 cm³/mol. The maximum atomic E-state index is 11.8. The summed E-state index contributed by atoms with van der Waals surface area (Å²) in [6.07, 6.45) is 2.77. The lowest BCUT2D eigenvalue weighted by Crippen LogP contribution is -2.33. The van der Waals surface area contributed by atoms with Crippen LogP contribution < -0.4 is 10.9 Å². The van der Waals surface area contributed by atoms with E-state index in [-0.39, 0.29) is 23.4 Å². The number of nitrogens with one attached hydrogen (secondary N) is 1. The minimum atomic E-state index is -0.822. The van der Waals surface area contributed by atoms with Crippen LogP contribution in [0.3, 0.4) is 0 Å². The van der Waals surface area contributed by atoms with Gasteiger partial charge in [-0.1, -0.05) is 0 Å². The Labute approximate surface area is 103 Å². The molecule has 2 rings (SSSR count). The molecule has 0 aromatic carbocycles. The van der Waals surface area contributed by atoms with Crippen molar-refractivity contribution in [2.75, 3.05) is 0 Å². The first kappa shape index (κ1) is 12.3. The molecule has 96 valence electrons. The molecule has 6 nitrogen and oxygen atoms in total. The molecule has 0 spiro atoms. The van der Waals surface area contributed by atoms with Crippen LogP contribution in [0.2, 0.25) is 0 Å². The lowest BCUT2D eigenvalue weighted by atomic mass is 10.1. The largest absolute Gasteiger partial charge is 0.481 e. The molecule has 1 saturated carbocycles. The van der Waals surface area contributed by atoms with E-state index in [1.54, 1.807) is 0 Å². The Morgan fingerprint density at radius 1 is 1.33 bits per heavy atom. The molecule has 1 aliphatic carbocycles. The van der Waals surface area contributed by atoms with E-state index in [9.17, 15) is 14.4 Å². The highest BCUT2D eigenvalue weighted by atomic mass is 16.4. The monoisotopic (exact) mass is 251 g/mol. The molecule has 1 aromatic rings. The van der Waals surface area contributed by atoms with Crippen molar-refractivity contribution in [2.45, 2.75) is 25.3 Å². The van der Waals surface area contributed by atoms with Crippen LogP contribution >= 0.6 is 0 Å². The highest BCUT2D eigenvalue weighted by Crippen LogP contribution is 2.25. The van der Waals surface area contributed by atoms with E-state index < -0.39 is 11.6 Å². The standard InChI is InChI=1S/C12H13NO5/c14-10-4-2-8(6-18-10)11(15)13-9-3-1-7(5-9)12(16)17/h2,4,6-7,9H,1,3,5H2,(H,13,15)(H,16,17)/t7-,9+/m1/s1. The van der Waals surface area contributed by atoms with Crippen LogP contribution in [-0.4, -0.2) is 23.0 Å². The molecule has 1 fully saturated rings. The van der Waals surface area contributed by atoms with E-state index in [2.05, 4.69) is 9.73 Å². The Hall–Kier alpha value is -2.11. The smallest absolute Gasteiger partial charge is 0.335 e. The summed E-state index contributed by atoms with van der Waals surface area (Å²) in [5, 5.41) is 11.6.